The number of hydrogen-bond acceptors (Lipinski definition) is 3. The maximum absolute atomic E-state index is 10.2. The summed E-state index contributed by atoms with van der Waals surface area (Å²) in [5.74, 6) is 1.46. The molecule has 4 N–H and O–H groups in total. The van der Waals surface area contributed by atoms with Crippen LogP contribution in [0.25, 0.3) is 0 Å². The van der Waals surface area contributed by atoms with E-state index in [4.69, 9.17) is 9.84 Å². The highest BCUT2D eigenvalue weighted by Gasteiger charge is 2.44. The quantitative estimate of drug-likeness (QED) is 0.668. The summed E-state index contributed by atoms with van der Waals surface area (Å²) in [5, 5.41) is 8.40. The van der Waals surface area contributed by atoms with E-state index in [2.05, 4.69) is 6.92 Å². The van der Waals surface area contributed by atoms with Gasteiger partial charge in [-0.2, -0.15) is 0 Å². The fraction of sp³-hybridized carbons (Fsp3) is 0.947. The van der Waals surface area contributed by atoms with Gasteiger partial charge in [0.15, 0.2) is 6.10 Å². The number of hydrogen-bond donors (Lipinski definition) is 2. The molecule has 4 nitrogen and oxygen atoms in total. The molecule has 0 amide bonds. The molecule has 4 heteroatoms. The van der Waals surface area contributed by atoms with E-state index in [1.165, 1.54) is 38.5 Å². The van der Waals surface area contributed by atoms with E-state index in [9.17, 15) is 4.79 Å². The summed E-state index contributed by atoms with van der Waals surface area (Å²) >= 11 is 0. The van der Waals surface area contributed by atoms with Crippen molar-refractivity contribution >= 4 is 5.97 Å². The molecule has 3 fully saturated rings. The lowest BCUT2D eigenvalue weighted by Crippen LogP contribution is -2.20. The van der Waals surface area contributed by atoms with Gasteiger partial charge in [-0.15, -0.1) is 0 Å². The summed E-state index contributed by atoms with van der Waals surface area (Å²) in [6, 6.07) is 0. The fourth-order valence-corrected chi connectivity index (χ4v) is 4.20. The third kappa shape index (κ3) is 7.21. The van der Waals surface area contributed by atoms with Gasteiger partial charge in [0.25, 0.3) is 0 Å². The van der Waals surface area contributed by atoms with Crippen molar-refractivity contribution < 1.29 is 14.6 Å². The molecule has 136 valence electrons. The van der Waals surface area contributed by atoms with Gasteiger partial charge < -0.3 is 16.0 Å². The monoisotopic (exact) mass is 327 g/mol. The van der Waals surface area contributed by atoms with Crippen LogP contribution >= 0.6 is 0 Å². The SMILES string of the molecule is C1CCC(C2CCCCC2)CC1.CCCC[C@H]1O[C@@H]1C(=O)O.N. The van der Waals surface area contributed by atoms with E-state index < -0.39 is 12.1 Å². The number of carbonyl (C=O) groups is 1. The van der Waals surface area contributed by atoms with Crippen molar-refractivity contribution in [2.75, 3.05) is 0 Å². The average molecular weight is 328 g/mol. The van der Waals surface area contributed by atoms with Crippen molar-refractivity contribution in [1.29, 1.82) is 0 Å². The lowest BCUT2D eigenvalue weighted by Gasteiger charge is -2.32. The van der Waals surface area contributed by atoms with Crippen LogP contribution in [-0.2, 0) is 9.53 Å². The van der Waals surface area contributed by atoms with Crippen LogP contribution in [0.4, 0.5) is 0 Å². The Labute approximate surface area is 142 Å². The minimum atomic E-state index is -0.818. The van der Waals surface area contributed by atoms with Crippen LogP contribution in [0.5, 0.6) is 0 Å². The van der Waals surface area contributed by atoms with Crippen molar-refractivity contribution in [3.05, 3.63) is 0 Å². The first kappa shape index (κ1) is 20.4. The van der Waals surface area contributed by atoms with Crippen LogP contribution in [-0.4, -0.2) is 23.3 Å². The van der Waals surface area contributed by atoms with E-state index in [0.717, 1.165) is 31.1 Å². The van der Waals surface area contributed by atoms with Crippen LogP contribution in [0.2, 0.25) is 0 Å². The smallest absolute Gasteiger partial charge is 0.335 e. The number of ether oxygens (including phenoxy) is 1. The zero-order chi connectivity index (χ0) is 15.8. The van der Waals surface area contributed by atoms with Crippen LogP contribution in [0.15, 0.2) is 0 Å². The highest BCUT2D eigenvalue weighted by Crippen LogP contribution is 2.37. The Bertz CT molecular complexity index is 307. The molecule has 0 aromatic carbocycles. The normalized spacial score (nSPS) is 28.2. The summed E-state index contributed by atoms with van der Waals surface area (Å²) in [6.45, 7) is 2.08. The largest absolute Gasteiger partial charge is 0.479 e. The van der Waals surface area contributed by atoms with E-state index in [0.29, 0.717) is 0 Å². The standard InChI is InChI=1S/C12H22.C7H12O3.H3N/c1-3-7-11(8-4-1)12-9-5-2-6-10-12;1-2-3-4-5-6(10-5)7(8)9;/h11-12H,1-10H2;5-6H,2-4H2,1H3,(H,8,9);1H3/t;5-,6+;/m.1./s1. The first-order valence-electron chi connectivity index (χ1n) is 9.60. The van der Waals surface area contributed by atoms with Crippen molar-refractivity contribution in [2.24, 2.45) is 11.8 Å². The average Bonchev–Trinajstić information content (AvgIpc) is 3.35. The Kier molecular flexibility index (Phi) is 9.80. The Morgan fingerprint density at radius 1 is 0.957 bits per heavy atom. The van der Waals surface area contributed by atoms with Gasteiger partial charge in [-0.25, -0.2) is 4.79 Å². The summed E-state index contributed by atoms with van der Waals surface area (Å²) in [6.07, 6.45) is 18.0. The second-order valence-electron chi connectivity index (χ2n) is 7.37. The molecule has 3 rings (SSSR count). The predicted molar refractivity (Wildman–Crippen MR) is 94.0 cm³/mol. The first-order chi connectivity index (χ1) is 10.7. The van der Waals surface area contributed by atoms with Gasteiger partial charge in [-0.05, 0) is 18.3 Å². The third-order valence-electron chi connectivity index (χ3n) is 5.63. The topological polar surface area (TPSA) is 84.8 Å². The van der Waals surface area contributed by atoms with Gasteiger partial charge in [0, 0.05) is 0 Å². The molecule has 2 atom stereocenters. The van der Waals surface area contributed by atoms with Crippen LogP contribution in [0.3, 0.4) is 0 Å². The second kappa shape index (κ2) is 11.0. The molecule has 1 heterocycles. The van der Waals surface area contributed by atoms with Crippen LogP contribution < -0.4 is 6.15 Å². The Morgan fingerprint density at radius 3 is 1.78 bits per heavy atom. The number of aliphatic carboxylic acids is 1. The number of rotatable bonds is 5. The molecule has 23 heavy (non-hydrogen) atoms. The Morgan fingerprint density at radius 2 is 1.43 bits per heavy atom. The number of carboxylic acids is 1. The van der Waals surface area contributed by atoms with Gasteiger partial charge in [0.05, 0.1) is 6.10 Å². The molecule has 0 radical (unpaired) electrons. The molecule has 3 aliphatic rings. The molecular formula is C19H37NO3. The molecular weight excluding hydrogens is 290 g/mol. The zero-order valence-electron chi connectivity index (χ0n) is 15.0. The zero-order valence-corrected chi connectivity index (χ0v) is 15.0. The van der Waals surface area contributed by atoms with Gasteiger partial charge >= 0.3 is 5.97 Å². The number of carboxylic acid groups (broad SMARTS) is 1. The first-order valence-corrected chi connectivity index (χ1v) is 9.60. The lowest BCUT2D eigenvalue weighted by molar-refractivity contribution is -0.138. The highest BCUT2D eigenvalue weighted by atomic mass is 16.6. The Balaban J connectivity index is 0.000000224. The summed E-state index contributed by atoms with van der Waals surface area (Å²) < 4.78 is 4.88. The van der Waals surface area contributed by atoms with Crippen molar-refractivity contribution in [3.63, 3.8) is 0 Å². The number of unbranched alkanes of at least 4 members (excludes halogenated alkanes) is 1. The van der Waals surface area contributed by atoms with Crippen LogP contribution in [0.1, 0.15) is 90.4 Å². The Hall–Kier alpha value is -0.610. The predicted octanol–water partition coefficient (Wildman–Crippen LogP) is 5.34. The molecule has 0 aromatic rings. The minimum absolute atomic E-state index is 0. The maximum atomic E-state index is 10.2. The fourth-order valence-electron chi connectivity index (χ4n) is 4.20. The molecule has 2 aliphatic carbocycles. The van der Waals surface area contributed by atoms with E-state index >= 15 is 0 Å². The van der Waals surface area contributed by atoms with Crippen LogP contribution in [0, 0.1) is 11.8 Å². The minimum Gasteiger partial charge on any atom is -0.479 e. The summed E-state index contributed by atoms with van der Waals surface area (Å²) in [5.41, 5.74) is 0. The second-order valence-corrected chi connectivity index (χ2v) is 7.37. The third-order valence-corrected chi connectivity index (χ3v) is 5.63. The van der Waals surface area contributed by atoms with Gasteiger partial charge in [0.1, 0.15) is 0 Å². The van der Waals surface area contributed by atoms with Crippen molar-refractivity contribution in [3.8, 4) is 0 Å². The van der Waals surface area contributed by atoms with Gasteiger partial charge in [-0.3, -0.25) is 0 Å². The molecule has 1 aliphatic heterocycles. The highest BCUT2D eigenvalue weighted by molar-refractivity contribution is 5.75. The molecule has 0 unspecified atom stereocenters. The van der Waals surface area contributed by atoms with E-state index in [1.54, 1.807) is 25.7 Å². The van der Waals surface area contributed by atoms with Crippen molar-refractivity contribution in [2.45, 2.75) is 103 Å². The van der Waals surface area contributed by atoms with E-state index in [-0.39, 0.29) is 12.3 Å². The molecule has 2 saturated carbocycles. The lowest BCUT2D eigenvalue weighted by atomic mass is 9.73. The summed E-state index contributed by atoms with van der Waals surface area (Å²) in [4.78, 5) is 10.2. The summed E-state index contributed by atoms with van der Waals surface area (Å²) in [7, 11) is 0. The molecule has 0 spiro atoms. The van der Waals surface area contributed by atoms with Crippen molar-refractivity contribution in [1.82, 2.24) is 6.15 Å². The number of epoxide rings is 1. The molecule has 1 saturated heterocycles. The molecule has 0 aromatic heterocycles. The molecule has 0 bridgehead atoms. The van der Waals surface area contributed by atoms with Gasteiger partial charge in [-0.1, -0.05) is 84.0 Å². The van der Waals surface area contributed by atoms with Gasteiger partial charge in [0.2, 0.25) is 0 Å². The van der Waals surface area contributed by atoms with E-state index in [1.807, 2.05) is 0 Å². The maximum Gasteiger partial charge on any atom is 0.335 e.